The van der Waals surface area contributed by atoms with Gasteiger partial charge in [0.1, 0.15) is 5.76 Å². The summed E-state index contributed by atoms with van der Waals surface area (Å²) < 4.78 is 5.36. The summed E-state index contributed by atoms with van der Waals surface area (Å²) >= 11 is 0. The predicted molar refractivity (Wildman–Crippen MR) is 67.6 cm³/mol. The number of benzene rings is 1. The van der Waals surface area contributed by atoms with Crippen molar-refractivity contribution in [3.63, 3.8) is 0 Å². The summed E-state index contributed by atoms with van der Waals surface area (Å²) in [5.74, 6) is 0.733. The molecule has 3 rings (SSSR count). The minimum absolute atomic E-state index is 0.284. The van der Waals surface area contributed by atoms with Crippen LogP contribution in [0.15, 0.2) is 47.1 Å². The molecule has 2 aromatic rings. The summed E-state index contributed by atoms with van der Waals surface area (Å²) in [6, 6.07) is 14.2. The average Bonchev–Trinajstić information content (AvgIpc) is 2.93. The van der Waals surface area contributed by atoms with Crippen LogP contribution in [-0.4, -0.2) is 11.4 Å². The van der Waals surface area contributed by atoms with Gasteiger partial charge in [0.25, 0.3) is 0 Å². The van der Waals surface area contributed by atoms with Gasteiger partial charge in [-0.3, -0.25) is 4.90 Å². The van der Waals surface area contributed by atoms with Crippen molar-refractivity contribution in [2.24, 2.45) is 0 Å². The van der Waals surface area contributed by atoms with E-state index in [0.717, 1.165) is 25.3 Å². The van der Waals surface area contributed by atoms with Gasteiger partial charge in [-0.25, -0.2) is 0 Å². The van der Waals surface area contributed by atoms with E-state index in [1.165, 1.54) is 11.1 Å². The lowest BCUT2D eigenvalue weighted by atomic mass is 9.98. The SMILES string of the molecule is N#C[C@H](c1ccco1)N1CCc2ccccc2C1. The van der Waals surface area contributed by atoms with E-state index >= 15 is 0 Å². The van der Waals surface area contributed by atoms with Crippen molar-refractivity contribution in [2.45, 2.75) is 19.0 Å². The molecule has 0 radical (unpaired) electrons. The van der Waals surface area contributed by atoms with E-state index in [-0.39, 0.29) is 6.04 Å². The highest BCUT2D eigenvalue weighted by atomic mass is 16.3. The molecule has 0 fully saturated rings. The maximum atomic E-state index is 9.35. The lowest BCUT2D eigenvalue weighted by molar-refractivity contribution is 0.196. The number of furan rings is 1. The van der Waals surface area contributed by atoms with Gasteiger partial charge in [0.2, 0.25) is 0 Å². The fraction of sp³-hybridized carbons (Fsp3) is 0.267. The van der Waals surface area contributed by atoms with Crippen LogP contribution in [0.25, 0.3) is 0 Å². The van der Waals surface area contributed by atoms with Gasteiger partial charge in [0, 0.05) is 13.1 Å². The highest BCUT2D eigenvalue weighted by molar-refractivity contribution is 5.30. The zero-order chi connectivity index (χ0) is 12.4. The molecule has 18 heavy (non-hydrogen) atoms. The van der Waals surface area contributed by atoms with Crippen molar-refractivity contribution in [3.8, 4) is 6.07 Å². The molecule has 0 unspecified atom stereocenters. The third kappa shape index (κ3) is 1.92. The van der Waals surface area contributed by atoms with E-state index in [0.29, 0.717) is 0 Å². The third-order valence-electron chi connectivity index (χ3n) is 3.46. The quantitative estimate of drug-likeness (QED) is 0.807. The molecule has 2 heterocycles. The molecule has 0 aliphatic carbocycles. The smallest absolute Gasteiger partial charge is 0.157 e. The van der Waals surface area contributed by atoms with Gasteiger partial charge in [-0.05, 0) is 29.7 Å². The van der Waals surface area contributed by atoms with E-state index in [4.69, 9.17) is 4.42 Å². The zero-order valence-electron chi connectivity index (χ0n) is 10.0. The molecule has 3 nitrogen and oxygen atoms in total. The van der Waals surface area contributed by atoms with Crippen LogP contribution in [0.2, 0.25) is 0 Å². The van der Waals surface area contributed by atoms with Crippen molar-refractivity contribution in [2.75, 3.05) is 6.54 Å². The first-order valence-electron chi connectivity index (χ1n) is 6.12. The summed E-state index contributed by atoms with van der Waals surface area (Å²) in [4.78, 5) is 2.17. The molecule has 90 valence electrons. The van der Waals surface area contributed by atoms with Crippen molar-refractivity contribution in [1.82, 2.24) is 4.90 Å². The molecule has 1 aliphatic heterocycles. The predicted octanol–water partition coefficient (Wildman–Crippen LogP) is 2.90. The molecule has 0 N–H and O–H groups in total. The Morgan fingerprint density at radius 2 is 2.00 bits per heavy atom. The standard InChI is InChI=1S/C15H14N2O/c16-10-14(15-6-3-9-18-15)17-8-7-12-4-1-2-5-13(12)11-17/h1-6,9,14H,7-8,11H2/t14-/m1/s1. The number of rotatable bonds is 2. The first-order valence-corrected chi connectivity index (χ1v) is 6.12. The lowest BCUT2D eigenvalue weighted by Gasteiger charge is -2.31. The second-order valence-corrected chi connectivity index (χ2v) is 4.54. The van der Waals surface area contributed by atoms with Gasteiger partial charge in [-0.2, -0.15) is 5.26 Å². The van der Waals surface area contributed by atoms with Gasteiger partial charge in [-0.15, -0.1) is 0 Å². The van der Waals surface area contributed by atoms with E-state index in [1.54, 1.807) is 6.26 Å². The minimum Gasteiger partial charge on any atom is -0.467 e. The molecule has 0 saturated heterocycles. The van der Waals surface area contributed by atoms with Crippen LogP contribution in [0, 0.1) is 11.3 Å². The van der Waals surface area contributed by atoms with Crippen LogP contribution in [0.5, 0.6) is 0 Å². The van der Waals surface area contributed by atoms with Crippen LogP contribution < -0.4 is 0 Å². The van der Waals surface area contributed by atoms with Crippen molar-refractivity contribution in [1.29, 1.82) is 5.26 Å². The Morgan fingerprint density at radius 1 is 1.17 bits per heavy atom. The summed E-state index contributed by atoms with van der Waals surface area (Å²) in [7, 11) is 0. The Balaban J connectivity index is 1.85. The second-order valence-electron chi connectivity index (χ2n) is 4.54. The fourth-order valence-corrected chi connectivity index (χ4v) is 2.51. The number of nitriles is 1. The highest BCUT2D eigenvalue weighted by Gasteiger charge is 2.26. The van der Waals surface area contributed by atoms with E-state index in [1.807, 2.05) is 12.1 Å². The maximum Gasteiger partial charge on any atom is 0.157 e. The highest BCUT2D eigenvalue weighted by Crippen LogP contribution is 2.27. The minimum atomic E-state index is -0.284. The largest absolute Gasteiger partial charge is 0.467 e. The van der Waals surface area contributed by atoms with E-state index in [9.17, 15) is 5.26 Å². The molecule has 0 saturated carbocycles. The topological polar surface area (TPSA) is 40.2 Å². The van der Waals surface area contributed by atoms with Crippen molar-refractivity contribution >= 4 is 0 Å². The van der Waals surface area contributed by atoms with Gasteiger partial charge in [-0.1, -0.05) is 24.3 Å². The monoisotopic (exact) mass is 238 g/mol. The van der Waals surface area contributed by atoms with Crippen molar-refractivity contribution < 1.29 is 4.42 Å². The van der Waals surface area contributed by atoms with Crippen molar-refractivity contribution in [3.05, 3.63) is 59.5 Å². The molecule has 0 spiro atoms. The lowest BCUT2D eigenvalue weighted by Crippen LogP contribution is -2.33. The Bertz CT molecular complexity index is 568. The molecule has 1 aromatic carbocycles. The molecule has 3 heteroatoms. The number of nitrogens with zero attached hydrogens (tertiary/aromatic N) is 2. The van der Waals surface area contributed by atoms with Gasteiger partial charge >= 0.3 is 0 Å². The Kier molecular flexibility index (Phi) is 2.87. The Labute approximate surface area is 106 Å². The molecular weight excluding hydrogens is 224 g/mol. The third-order valence-corrected chi connectivity index (χ3v) is 3.46. The second kappa shape index (κ2) is 4.67. The molecule has 1 atom stereocenters. The molecule has 0 amide bonds. The summed E-state index contributed by atoms with van der Waals surface area (Å²) in [6.07, 6.45) is 2.62. The number of hydrogen-bond acceptors (Lipinski definition) is 3. The van der Waals surface area contributed by atoms with E-state index in [2.05, 4.69) is 35.2 Å². The van der Waals surface area contributed by atoms with Crippen LogP contribution in [-0.2, 0) is 13.0 Å². The fourth-order valence-electron chi connectivity index (χ4n) is 2.51. The van der Waals surface area contributed by atoms with E-state index < -0.39 is 0 Å². The average molecular weight is 238 g/mol. The summed E-state index contributed by atoms with van der Waals surface area (Å²) in [5.41, 5.74) is 2.71. The molecule has 1 aromatic heterocycles. The number of hydrogen-bond donors (Lipinski definition) is 0. The van der Waals surface area contributed by atoms with Crippen LogP contribution in [0.1, 0.15) is 22.9 Å². The van der Waals surface area contributed by atoms with Crippen LogP contribution >= 0.6 is 0 Å². The van der Waals surface area contributed by atoms with Gasteiger partial charge in [0.05, 0.1) is 12.3 Å². The molecular formula is C15H14N2O. The summed E-state index contributed by atoms with van der Waals surface area (Å²) in [5, 5.41) is 9.35. The van der Waals surface area contributed by atoms with Crippen LogP contribution in [0.3, 0.4) is 0 Å². The summed E-state index contributed by atoms with van der Waals surface area (Å²) in [6.45, 7) is 1.71. The Morgan fingerprint density at radius 3 is 2.72 bits per heavy atom. The zero-order valence-corrected chi connectivity index (χ0v) is 10.0. The first-order chi connectivity index (χ1) is 8.88. The van der Waals surface area contributed by atoms with Gasteiger partial charge in [0.15, 0.2) is 6.04 Å². The molecule has 0 bridgehead atoms. The number of fused-ring (bicyclic) bond motifs is 1. The normalized spacial score (nSPS) is 16.8. The first kappa shape index (κ1) is 11.1. The molecule has 1 aliphatic rings. The van der Waals surface area contributed by atoms with Gasteiger partial charge < -0.3 is 4.42 Å². The van der Waals surface area contributed by atoms with Crippen LogP contribution in [0.4, 0.5) is 0 Å². The maximum absolute atomic E-state index is 9.35. The Hall–Kier alpha value is -2.05.